The van der Waals surface area contributed by atoms with Gasteiger partial charge >= 0.3 is 0 Å². The molecule has 1 aromatic carbocycles. The maximum atomic E-state index is 13.0. The highest BCUT2D eigenvalue weighted by atomic mass is 16.5. The maximum Gasteiger partial charge on any atom is 0.290 e. The van der Waals surface area contributed by atoms with Gasteiger partial charge in [-0.05, 0) is 50.3 Å². The van der Waals surface area contributed by atoms with Crippen molar-refractivity contribution in [2.75, 3.05) is 31.1 Å². The lowest BCUT2D eigenvalue weighted by molar-refractivity contribution is -0.131. The molecule has 0 saturated carbocycles. The molecule has 6 nitrogen and oxygen atoms in total. The molecule has 1 fully saturated rings. The van der Waals surface area contributed by atoms with E-state index in [-0.39, 0.29) is 23.4 Å². The van der Waals surface area contributed by atoms with Crippen molar-refractivity contribution in [1.29, 1.82) is 0 Å². The number of amides is 1. The van der Waals surface area contributed by atoms with Crippen molar-refractivity contribution in [1.82, 2.24) is 4.90 Å². The van der Waals surface area contributed by atoms with Crippen LogP contribution in [0.15, 0.2) is 35.6 Å². The number of ether oxygens (including phenoxy) is 1. The third-order valence-electron chi connectivity index (χ3n) is 5.96. The fraction of sp³-hybridized carbons (Fsp3) is 0.583. The molecule has 2 unspecified atom stereocenters. The third-order valence-corrected chi connectivity index (χ3v) is 5.96. The van der Waals surface area contributed by atoms with E-state index < -0.39 is 17.7 Å². The molecular weight excluding hydrogens is 380 g/mol. The molecule has 2 aliphatic rings. The summed E-state index contributed by atoms with van der Waals surface area (Å²) in [5, 5.41) is 10.7. The van der Waals surface area contributed by atoms with Crippen LogP contribution in [0.25, 0.3) is 0 Å². The zero-order valence-corrected chi connectivity index (χ0v) is 18.6. The minimum Gasteiger partial charge on any atom is -0.503 e. The van der Waals surface area contributed by atoms with Gasteiger partial charge in [-0.15, -0.1) is 0 Å². The Morgan fingerprint density at radius 1 is 1.23 bits per heavy atom. The summed E-state index contributed by atoms with van der Waals surface area (Å²) >= 11 is 0. The van der Waals surface area contributed by atoms with E-state index in [1.165, 1.54) is 0 Å². The van der Waals surface area contributed by atoms with Gasteiger partial charge in [0.2, 0.25) is 0 Å². The Hall–Kier alpha value is -2.34. The number of hydrogen-bond donors (Lipinski definition) is 1. The van der Waals surface area contributed by atoms with Crippen LogP contribution in [0.1, 0.15) is 58.6 Å². The molecule has 2 heterocycles. The number of Topliss-reactive ketones (excluding diaryl/α,β-unsaturated/α-hetero) is 1. The van der Waals surface area contributed by atoms with Gasteiger partial charge in [0.25, 0.3) is 5.91 Å². The van der Waals surface area contributed by atoms with Crippen LogP contribution in [0, 0.1) is 5.92 Å². The first-order valence-corrected chi connectivity index (χ1v) is 11.1. The number of rotatable bonds is 9. The van der Waals surface area contributed by atoms with Crippen molar-refractivity contribution < 1.29 is 19.4 Å². The number of benzene rings is 1. The Morgan fingerprint density at radius 3 is 2.43 bits per heavy atom. The molecule has 1 aromatic rings. The normalized spacial score (nSPS) is 21.8. The monoisotopic (exact) mass is 414 g/mol. The average Bonchev–Trinajstić information content (AvgIpc) is 3.31. The zero-order valence-electron chi connectivity index (χ0n) is 18.6. The van der Waals surface area contributed by atoms with Crippen LogP contribution in [0.3, 0.4) is 0 Å². The number of aliphatic hydroxyl groups excluding tert-OH is 1. The molecule has 1 amide bonds. The number of carbonyl (C=O) groups is 2. The SMILES string of the molecule is CCN(CC)c1ccc(C2C(C(=O)CC(C)C)=C(O)C(=O)N2CC2CCCO2)cc1. The van der Waals surface area contributed by atoms with Gasteiger partial charge in [0.1, 0.15) is 0 Å². The second-order valence-corrected chi connectivity index (χ2v) is 8.54. The summed E-state index contributed by atoms with van der Waals surface area (Å²) in [6, 6.07) is 7.41. The number of carbonyl (C=O) groups excluding carboxylic acids is 2. The first-order chi connectivity index (χ1) is 14.4. The summed E-state index contributed by atoms with van der Waals surface area (Å²) in [5.74, 6) is -0.902. The van der Waals surface area contributed by atoms with Crippen molar-refractivity contribution >= 4 is 17.4 Å². The molecule has 0 spiro atoms. The molecule has 2 atom stereocenters. The van der Waals surface area contributed by atoms with E-state index >= 15 is 0 Å². The van der Waals surface area contributed by atoms with Crippen molar-refractivity contribution in [2.24, 2.45) is 5.92 Å². The highest BCUT2D eigenvalue weighted by Crippen LogP contribution is 2.39. The molecule has 0 aliphatic carbocycles. The summed E-state index contributed by atoms with van der Waals surface area (Å²) < 4.78 is 5.74. The standard InChI is InChI=1S/C24H34N2O4/c1-5-25(6-2)18-11-9-17(10-12-18)22-21(20(27)14-16(3)4)23(28)24(29)26(22)15-19-8-7-13-30-19/h9-12,16,19,22,28H,5-8,13-15H2,1-4H3. The minimum absolute atomic E-state index is 0.0567. The van der Waals surface area contributed by atoms with Crippen molar-refractivity contribution in [3.63, 3.8) is 0 Å². The van der Waals surface area contributed by atoms with Crippen LogP contribution < -0.4 is 4.90 Å². The lowest BCUT2D eigenvalue weighted by atomic mass is 9.92. The summed E-state index contributed by atoms with van der Waals surface area (Å²) in [5.41, 5.74) is 2.16. The maximum absolute atomic E-state index is 13.0. The fourth-order valence-electron chi connectivity index (χ4n) is 4.42. The Labute approximate surface area is 179 Å². The van der Waals surface area contributed by atoms with Gasteiger partial charge in [-0.3, -0.25) is 9.59 Å². The number of aliphatic hydroxyl groups is 1. The Kier molecular flexibility index (Phi) is 7.19. The quantitative estimate of drug-likeness (QED) is 0.661. The van der Waals surface area contributed by atoms with Crippen LogP contribution in [0.5, 0.6) is 0 Å². The molecule has 3 rings (SSSR count). The van der Waals surface area contributed by atoms with Gasteiger partial charge in [-0.2, -0.15) is 0 Å². The molecule has 0 bridgehead atoms. The van der Waals surface area contributed by atoms with Gasteiger partial charge in [-0.25, -0.2) is 0 Å². The lowest BCUT2D eigenvalue weighted by Crippen LogP contribution is -2.37. The van der Waals surface area contributed by atoms with E-state index in [1.807, 2.05) is 38.1 Å². The number of nitrogens with zero attached hydrogens (tertiary/aromatic N) is 2. The molecule has 164 valence electrons. The topological polar surface area (TPSA) is 70.1 Å². The summed E-state index contributed by atoms with van der Waals surface area (Å²) in [7, 11) is 0. The predicted molar refractivity (Wildman–Crippen MR) is 118 cm³/mol. The van der Waals surface area contributed by atoms with Crippen molar-refractivity contribution in [3.05, 3.63) is 41.2 Å². The van der Waals surface area contributed by atoms with E-state index in [4.69, 9.17) is 4.74 Å². The molecular formula is C24H34N2O4. The smallest absolute Gasteiger partial charge is 0.290 e. The summed E-state index contributed by atoms with van der Waals surface area (Å²) in [6.45, 7) is 11.0. The minimum atomic E-state index is -0.571. The van der Waals surface area contributed by atoms with E-state index in [1.54, 1.807) is 4.90 Å². The van der Waals surface area contributed by atoms with Gasteiger partial charge in [-0.1, -0.05) is 26.0 Å². The first-order valence-electron chi connectivity index (χ1n) is 11.1. The Morgan fingerprint density at radius 2 is 1.90 bits per heavy atom. The largest absolute Gasteiger partial charge is 0.503 e. The van der Waals surface area contributed by atoms with Crippen LogP contribution in [0.2, 0.25) is 0 Å². The van der Waals surface area contributed by atoms with Gasteiger partial charge in [0, 0.05) is 38.3 Å². The van der Waals surface area contributed by atoms with E-state index in [0.717, 1.165) is 37.2 Å². The van der Waals surface area contributed by atoms with E-state index in [9.17, 15) is 14.7 Å². The molecule has 6 heteroatoms. The average molecular weight is 415 g/mol. The first kappa shape index (κ1) is 22.3. The molecule has 0 aromatic heterocycles. The van der Waals surface area contributed by atoms with Gasteiger partial charge < -0.3 is 19.6 Å². The number of hydrogen-bond acceptors (Lipinski definition) is 5. The molecule has 0 radical (unpaired) electrons. The van der Waals surface area contributed by atoms with Crippen LogP contribution in [-0.2, 0) is 14.3 Å². The van der Waals surface area contributed by atoms with E-state index in [2.05, 4.69) is 18.7 Å². The predicted octanol–water partition coefficient (Wildman–Crippen LogP) is 4.02. The number of anilines is 1. The van der Waals surface area contributed by atoms with Crippen molar-refractivity contribution in [2.45, 2.75) is 59.1 Å². The lowest BCUT2D eigenvalue weighted by Gasteiger charge is -2.29. The highest BCUT2D eigenvalue weighted by molar-refractivity contribution is 6.09. The van der Waals surface area contributed by atoms with Gasteiger partial charge in [0.15, 0.2) is 11.5 Å². The highest BCUT2D eigenvalue weighted by Gasteiger charge is 2.44. The zero-order chi connectivity index (χ0) is 21.8. The van der Waals surface area contributed by atoms with E-state index in [0.29, 0.717) is 19.6 Å². The molecule has 30 heavy (non-hydrogen) atoms. The van der Waals surface area contributed by atoms with Crippen LogP contribution >= 0.6 is 0 Å². The van der Waals surface area contributed by atoms with Crippen molar-refractivity contribution in [3.8, 4) is 0 Å². The third kappa shape index (κ3) is 4.53. The van der Waals surface area contributed by atoms with Crippen LogP contribution in [-0.4, -0.2) is 54.0 Å². The number of ketones is 1. The fourth-order valence-corrected chi connectivity index (χ4v) is 4.42. The Balaban J connectivity index is 1.96. The molecule has 1 N–H and O–H groups in total. The molecule has 2 aliphatic heterocycles. The summed E-state index contributed by atoms with van der Waals surface area (Å²) in [4.78, 5) is 29.8. The summed E-state index contributed by atoms with van der Waals surface area (Å²) in [6.07, 6.45) is 2.09. The van der Waals surface area contributed by atoms with Gasteiger partial charge in [0.05, 0.1) is 17.7 Å². The second-order valence-electron chi connectivity index (χ2n) is 8.54. The molecule has 1 saturated heterocycles. The van der Waals surface area contributed by atoms with Crippen LogP contribution in [0.4, 0.5) is 5.69 Å². The Bertz CT molecular complexity index is 790. The second kappa shape index (κ2) is 9.65.